The molecule has 7 heteroatoms. The van der Waals surface area contributed by atoms with Gasteiger partial charge in [-0.15, -0.1) is 0 Å². The van der Waals surface area contributed by atoms with Crippen LogP contribution >= 0.6 is 11.6 Å². The summed E-state index contributed by atoms with van der Waals surface area (Å²) in [6, 6.07) is 19.3. The Balaban J connectivity index is 1.64. The fourth-order valence-corrected chi connectivity index (χ4v) is 4.30. The number of aromatic amines is 1. The Morgan fingerprint density at radius 2 is 1.71 bits per heavy atom. The van der Waals surface area contributed by atoms with Crippen molar-refractivity contribution in [1.82, 2.24) is 9.55 Å². The predicted octanol–water partition coefficient (Wildman–Crippen LogP) is 3.93. The summed E-state index contributed by atoms with van der Waals surface area (Å²) in [4.78, 5) is 43.5. The van der Waals surface area contributed by atoms with Crippen LogP contribution in [0.25, 0.3) is 16.6 Å². The number of nitrogens with zero attached hydrogens (tertiary/aromatic N) is 2. The molecule has 0 fully saturated rings. The summed E-state index contributed by atoms with van der Waals surface area (Å²) in [6.45, 7) is 0.602. The van der Waals surface area contributed by atoms with Gasteiger partial charge in [-0.05, 0) is 54.8 Å². The van der Waals surface area contributed by atoms with Gasteiger partial charge in [0, 0.05) is 17.8 Å². The van der Waals surface area contributed by atoms with Crippen LogP contribution in [0, 0.1) is 0 Å². The van der Waals surface area contributed by atoms with Crippen molar-refractivity contribution in [3.8, 4) is 5.69 Å². The molecule has 0 bridgehead atoms. The van der Waals surface area contributed by atoms with Gasteiger partial charge in [0.15, 0.2) is 0 Å². The number of halogens is 1. The molecule has 1 aromatic heterocycles. The summed E-state index contributed by atoms with van der Waals surface area (Å²) in [7, 11) is 0. The summed E-state index contributed by atoms with van der Waals surface area (Å²) >= 11 is 6.36. The normalized spacial score (nSPS) is 13.3. The van der Waals surface area contributed by atoms with Crippen LogP contribution in [-0.4, -0.2) is 22.0 Å². The molecule has 0 spiro atoms. The molecule has 0 saturated heterocycles. The highest BCUT2D eigenvalue weighted by atomic mass is 35.5. The van der Waals surface area contributed by atoms with Gasteiger partial charge in [0.25, 0.3) is 11.5 Å². The molecule has 0 saturated carbocycles. The van der Waals surface area contributed by atoms with E-state index in [-0.39, 0.29) is 16.6 Å². The molecule has 31 heavy (non-hydrogen) atoms. The van der Waals surface area contributed by atoms with Gasteiger partial charge in [0.1, 0.15) is 0 Å². The highest BCUT2D eigenvalue weighted by Crippen LogP contribution is 2.29. The van der Waals surface area contributed by atoms with E-state index in [0.717, 1.165) is 28.7 Å². The summed E-state index contributed by atoms with van der Waals surface area (Å²) in [5.74, 6) is -0.199. The number of aromatic nitrogens is 2. The van der Waals surface area contributed by atoms with Crippen LogP contribution in [0.2, 0.25) is 5.02 Å². The molecule has 0 aliphatic carbocycles. The van der Waals surface area contributed by atoms with E-state index in [1.54, 1.807) is 41.3 Å². The number of rotatable bonds is 2. The molecule has 5 rings (SSSR count). The van der Waals surface area contributed by atoms with Crippen molar-refractivity contribution in [3.63, 3.8) is 0 Å². The second-order valence-electron chi connectivity index (χ2n) is 7.47. The molecule has 2 heterocycles. The predicted molar refractivity (Wildman–Crippen MR) is 122 cm³/mol. The van der Waals surface area contributed by atoms with Gasteiger partial charge in [0.05, 0.1) is 21.6 Å². The van der Waals surface area contributed by atoms with Crippen LogP contribution in [0.15, 0.2) is 76.3 Å². The minimum absolute atomic E-state index is 0.176. The van der Waals surface area contributed by atoms with Crippen molar-refractivity contribution in [2.24, 2.45) is 0 Å². The van der Waals surface area contributed by atoms with E-state index < -0.39 is 11.2 Å². The number of amides is 1. The van der Waals surface area contributed by atoms with E-state index in [1.807, 2.05) is 24.3 Å². The lowest BCUT2D eigenvalue weighted by molar-refractivity contribution is 0.0985. The Kier molecular flexibility index (Phi) is 4.71. The first-order chi connectivity index (χ1) is 15.0. The molecule has 6 nitrogen and oxygen atoms in total. The number of H-pyrrole nitrogens is 1. The molecule has 3 aromatic carbocycles. The Bertz CT molecular complexity index is 1450. The van der Waals surface area contributed by atoms with Gasteiger partial charge in [0.2, 0.25) is 0 Å². The molecule has 0 radical (unpaired) electrons. The lowest BCUT2D eigenvalue weighted by atomic mass is 10.0. The van der Waals surface area contributed by atoms with Crippen molar-refractivity contribution >= 4 is 34.1 Å². The van der Waals surface area contributed by atoms with E-state index in [0.29, 0.717) is 23.0 Å². The summed E-state index contributed by atoms with van der Waals surface area (Å²) in [6.07, 6.45) is 1.79. The molecular weight excluding hydrogens is 414 g/mol. The smallest absolute Gasteiger partial charge is 0.308 e. The van der Waals surface area contributed by atoms with E-state index in [4.69, 9.17) is 11.6 Å². The van der Waals surface area contributed by atoms with E-state index in [2.05, 4.69) is 4.98 Å². The molecule has 1 aliphatic heterocycles. The second-order valence-corrected chi connectivity index (χ2v) is 7.88. The topological polar surface area (TPSA) is 75.2 Å². The van der Waals surface area contributed by atoms with Crippen molar-refractivity contribution < 1.29 is 4.79 Å². The van der Waals surface area contributed by atoms with E-state index in [1.165, 1.54) is 6.07 Å². The highest BCUT2D eigenvalue weighted by molar-refractivity contribution is 6.32. The largest absolute Gasteiger partial charge is 0.333 e. The van der Waals surface area contributed by atoms with Crippen LogP contribution in [-0.2, 0) is 6.42 Å². The maximum absolute atomic E-state index is 13.3. The molecule has 1 aliphatic rings. The third-order valence-electron chi connectivity index (χ3n) is 5.59. The van der Waals surface area contributed by atoms with Gasteiger partial charge >= 0.3 is 5.69 Å². The lowest BCUT2D eigenvalue weighted by Gasteiger charge is -2.29. The van der Waals surface area contributed by atoms with Gasteiger partial charge in [-0.1, -0.05) is 41.9 Å². The number of anilines is 1. The van der Waals surface area contributed by atoms with Crippen LogP contribution in [0.3, 0.4) is 0 Å². The maximum Gasteiger partial charge on any atom is 0.333 e. The Hall–Kier alpha value is -3.64. The molecule has 1 N–H and O–H groups in total. The average molecular weight is 432 g/mol. The lowest BCUT2D eigenvalue weighted by Crippen LogP contribution is -2.36. The van der Waals surface area contributed by atoms with E-state index in [9.17, 15) is 14.4 Å². The number of carbonyl (C=O) groups excluding carboxylic acids is 1. The Morgan fingerprint density at radius 3 is 2.58 bits per heavy atom. The first-order valence-electron chi connectivity index (χ1n) is 9.98. The van der Waals surface area contributed by atoms with Crippen LogP contribution in [0.4, 0.5) is 5.69 Å². The fourth-order valence-electron chi connectivity index (χ4n) is 4.10. The van der Waals surface area contributed by atoms with Crippen molar-refractivity contribution in [3.05, 3.63) is 104 Å². The van der Waals surface area contributed by atoms with Gasteiger partial charge in [-0.25, -0.2) is 9.36 Å². The summed E-state index contributed by atoms with van der Waals surface area (Å²) in [5.41, 5.74) is 1.88. The van der Waals surface area contributed by atoms with Crippen molar-refractivity contribution in [1.29, 1.82) is 0 Å². The number of hydrogen-bond acceptors (Lipinski definition) is 3. The zero-order chi connectivity index (χ0) is 21.5. The molecular formula is C24H18ClN3O3. The third-order valence-corrected chi connectivity index (χ3v) is 5.91. The van der Waals surface area contributed by atoms with Crippen molar-refractivity contribution in [2.75, 3.05) is 11.4 Å². The summed E-state index contributed by atoms with van der Waals surface area (Å²) < 4.78 is 0.978. The molecule has 154 valence electrons. The van der Waals surface area contributed by atoms with Crippen LogP contribution < -0.4 is 16.1 Å². The highest BCUT2D eigenvalue weighted by Gasteiger charge is 2.24. The Morgan fingerprint density at radius 1 is 0.935 bits per heavy atom. The van der Waals surface area contributed by atoms with Crippen LogP contribution in [0.5, 0.6) is 0 Å². The average Bonchev–Trinajstić information content (AvgIpc) is 2.79. The van der Waals surface area contributed by atoms with Gasteiger partial charge < -0.3 is 9.88 Å². The number of hydrogen-bond donors (Lipinski definition) is 1. The number of aryl methyl sites for hydroxylation is 1. The number of carbonyl (C=O) groups is 1. The molecule has 1 amide bonds. The zero-order valence-electron chi connectivity index (χ0n) is 16.5. The van der Waals surface area contributed by atoms with Crippen LogP contribution in [0.1, 0.15) is 22.3 Å². The van der Waals surface area contributed by atoms with E-state index >= 15 is 0 Å². The van der Waals surface area contributed by atoms with Gasteiger partial charge in [-0.2, -0.15) is 0 Å². The third kappa shape index (κ3) is 3.25. The molecule has 0 unspecified atom stereocenters. The number of fused-ring (bicyclic) bond motifs is 2. The molecule has 0 atom stereocenters. The Labute approximate surface area is 182 Å². The van der Waals surface area contributed by atoms with Gasteiger partial charge in [-0.3, -0.25) is 9.59 Å². The summed E-state index contributed by atoms with van der Waals surface area (Å²) in [5, 5.41) is 0.568. The number of nitrogens with one attached hydrogen (secondary N) is 1. The first kappa shape index (κ1) is 19.3. The fraction of sp³-hybridized carbons (Fsp3) is 0.125. The van der Waals surface area contributed by atoms with Crippen molar-refractivity contribution in [2.45, 2.75) is 12.8 Å². The monoisotopic (exact) mass is 431 g/mol. The minimum Gasteiger partial charge on any atom is -0.308 e. The second kappa shape index (κ2) is 7.56. The zero-order valence-corrected chi connectivity index (χ0v) is 17.2. The number of benzene rings is 3. The number of para-hydroxylation sites is 2. The quantitative estimate of drug-likeness (QED) is 0.522. The maximum atomic E-state index is 13.3. The molecule has 4 aromatic rings. The standard InChI is InChI=1S/C24H18ClN3O3/c25-18-12-11-16(22(29)27-13-5-7-15-6-1-4-10-20(15)27)14-21(18)28-23(30)17-8-2-3-9-19(17)26-24(28)31/h1-4,6,8-12,14H,5,7,13H2,(H,26,31). The SMILES string of the molecule is O=C(c1ccc(Cl)c(-n2c(=O)[nH]c3ccccc3c2=O)c1)N1CCCc2ccccc21. The minimum atomic E-state index is -0.612. The first-order valence-corrected chi connectivity index (χ1v) is 10.4.